The molecule has 1 saturated carbocycles. The van der Waals surface area contributed by atoms with Gasteiger partial charge in [0.1, 0.15) is 0 Å². The van der Waals surface area contributed by atoms with E-state index in [0.717, 1.165) is 18.4 Å². The van der Waals surface area contributed by atoms with E-state index in [2.05, 4.69) is 5.32 Å². The molecule has 3 amide bonds. The predicted octanol–water partition coefficient (Wildman–Crippen LogP) is 2.37. The number of hydrogen-bond acceptors (Lipinski definition) is 4. The Morgan fingerprint density at radius 3 is 2.25 bits per heavy atom. The Morgan fingerprint density at radius 1 is 0.964 bits per heavy atom. The average Bonchev–Trinajstić information content (AvgIpc) is 3.45. The fourth-order valence-corrected chi connectivity index (χ4v) is 3.98. The summed E-state index contributed by atoms with van der Waals surface area (Å²) < 4.78 is 0. The Bertz CT molecular complexity index is 852. The molecule has 28 heavy (non-hydrogen) atoms. The van der Waals surface area contributed by atoms with Crippen molar-refractivity contribution < 1.29 is 14.4 Å². The van der Waals surface area contributed by atoms with Gasteiger partial charge in [-0.25, -0.2) is 0 Å². The van der Waals surface area contributed by atoms with Gasteiger partial charge < -0.3 is 15.1 Å². The van der Waals surface area contributed by atoms with Gasteiger partial charge in [-0.1, -0.05) is 18.2 Å². The zero-order valence-corrected chi connectivity index (χ0v) is 16.4. The lowest BCUT2D eigenvalue weighted by atomic mass is 10.1. The minimum absolute atomic E-state index is 0.00677. The van der Waals surface area contributed by atoms with Gasteiger partial charge in [0.25, 0.3) is 11.8 Å². The maximum atomic E-state index is 12.7. The third-order valence-corrected chi connectivity index (χ3v) is 6.07. The average molecular weight is 398 g/mol. The van der Waals surface area contributed by atoms with Crippen LogP contribution in [0.2, 0.25) is 0 Å². The van der Waals surface area contributed by atoms with Crippen LogP contribution < -0.4 is 5.32 Å². The summed E-state index contributed by atoms with van der Waals surface area (Å²) in [6.45, 7) is 2.82. The minimum atomic E-state index is -0.0891. The molecule has 2 aliphatic rings. The van der Waals surface area contributed by atoms with E-state index < -0.39 is 0 Å². The number of hydrogen-bond donors (Lipinski definition) is 1. The van der Waals surface area contributed by atoms with Crippen LogP contribution in [0.4, 0.5) is 0 Å². The largest absolute Gasteiger partial charge is 0.347 e. The van der Waals surface area contributed by atoms with Crippen LogP contribution in [-0.4, -0.2) is 53.7 Å². The highest BCUT2D eigenvalue weighted by Crippen LogP contribution is 2.31. The number of rotatable bonds is 5. The smallest absolute Gasteiger partial charge is 0.261 e. The van der Waals surface area contributed by atoms with E-state index in [1.165, 1.54) is 11.3 Å². The fraction of sp³-hybridized carbons (Fsp3) is 0.381. The molecule has 2 heterocycles. The normalized spacial score (nSPS) is 16.7. The highest BCUT2D eigenvalue weighted by molar-refractivity contribution is 7.12. The molecule has 4 rings (SSSR count). The van der Waals surface area contributed by atoms with E-state index in [1.807, 2.05) is 33.4 Å². The number of benzene rings is 1. The molecule has 1 saturated heterocycles. The van der Waals surface area contributed by atoms with E-state index in [4.69, 9.17) is 0 Å². The second-order valence-corrected chi connectivity index (χ2v) is 8.20. The summed E-state index contributed by atoms with van der Waals surface area (Å²) in [6.07, 6.45) is 2.02. The minimum Gasteiger partial charge on any atom is -0.347 e. The van der Waals surface area contributed by atoms with Crippen molar-refractivity contribution in [2.24, 2.45) is 5.92 Å². The summed E-state index contributed by atoms with van der Waals surface area (Å²) in [4.78, 5) is 41.2. The van der Waals surface area contributed by atoms with Gasteiger partial charge >= 0.3 is 0 Å². The highest BCUT2D eigenvalue weighted by Gasteiger charge is 2.35. The molecule has 0 bridgehead atoms. The SMILES string of the molecule is O=C(NCc1ccc(C(=O)N2CCN(C(=O)C3CC3)CC2)cc1)c1cccs1. The first-order valence-electron chi connectivity index (χ1n) is 9.60. The molecule has 2 fully saturated rings. The van der Waals surface area contributed by atoms with Crippen LogP contribution in [0.15, 0.2) is 41.8 Å². The number of amides is 3. The van der Waals surface area contributed by atoms with Crippen molar-refractivity contribution in [1.29, 1.82) is 0 Å². The lowest BCUT2D eigenvalue weighted by Crippen LogP contribution is -2.51. The predicted molar refractivity (Wildman–Crippen MR) is 107 cm³/mol. The summed E-state index contributed by atoms with van der Waals surface area (Å²) in [5.41, 5.74) is 1.58. The first kappa shape index (κ1) is 18.7. The van der Waals surface area contributed by atoms with Crippen molar-refractivity contribution in [3.63, 3.8) is 0 Å². The van der Waals surface area contributed by atoms with E-state index in [0.29, 0.717) is 43.2 Å². The summed E-state index contributed by atoms with van der Waals surface area (Å²) >= 11 is 1.41. The van der Waals surface area contributed by atoms with Crippen LogP contribution in [0.5, 0.6) is 0 Å². The third-order valence-electron chi connectivity index (χ3n) is 5.20. The van der Waals surface area contributed by atoms with Gasteiger partial charge in [0, 0.05) is 44.2 Å². The molecule has 7 heteroatoms. The van der Waals surface area contributed by atoms with Gasteiger partial charge in [0.2, 0.25) is 5.91 Å². The number of nitrogens with one attached hydrogen (secondary N) is 1. The standard InChI is InChI=1S/C21H23N3O3S/c25-19(18-2-1-13-28-18)22-14-15-3-5-16(6-4-15)20(26)23-9-11-24(12-10-23)21(27)17-7-8-17/h1-6,13,17H,7-12,14H2,(H,22,25). The first-order valence-corrected chi connectivity index (χ1v) is 10.5. The van der Waals surface area contributed by atoms with Gasteiger partial charge in [-0.2, -0.15) is 0 Å². The van der Waals surface area contributed by atoms with Crippen molar-refractivity contribution >= 4 is 29.1 Å². The Kier molecular flexibility index (Phi) is 5.43. The maximum Gasteiger partial charge on any atom is 0.261 e. The number of thiophene rings is 1. The van der Waals surface area contributed by atoms with E-state index in [1.54, 1.807) is 18.2 Å². The van der Waals surface area contributed by atoms with Crippen molar-refractivity contribution in [3.05, 3.63) is 57.8 Å². The number of carbonyl (C=O) groups is 3. The molecule has 6 nitrogen and oxygen atoms in total. The van der Waals surface area contributed by atoms with Crippen molar-refractivity contribution in [2.75, 3.05) is 26.2 Å². The monoisotopic (exact) mass is 397 g/mol. The lowest BCUT2D eigenvalue weighted by molar-refractivity contribution is -0.134. The molecule has 1 aromatic carbocycles. The molecule has 1 aromatic heterocycles. The van der Waals surface area contributed by atoms with Gasteiger partial charge in [-0.3, -0.25) is 14.4 Å². The number of nitrogens with zero attached hydrogens (tertiary/aromatic N) is 2. The summed E-state index contributed by atoms with van der Waals surface area (Å²) in [5.74, 6) is 0.387. The summed E-state index contributed by atoms with van der Waals surface area (Å²) in [6, 6.07) is 11.0. The maximum absolute atomic E-state index is 12.7. The van der Waals surface area contributed by atoms with Crippen molar-refractivity contribution in [1.82, 2.24) is 15.1 Å². The molecule has 2 aromatic rings. The van der Waals surface area contributed by atoms with Gasteiger partial charge in [-0.15, -0.1) is 11.3 Å². The van der Waals surface area contributed by atoms with Crippen LogP contribution in [0.3, 0.4) is 0 Å². The van der Waals surface area contributed by atoms with Gasteiger partial charge in [0.05, 0.1) is 4.88 Å². The zero-order chi connectivity index (χ0) is 19.5. The van der Waals surface area contributed by atoms with E-state index in [9.17, 15) is 14.4 Å². The Balaban J connectivity index is 1.28. The topological polar surface area (TPSA) is 69.7 Å². The van der Waals surface area contributed by atoms with E-state index in [-0.39, 0.29) is 23.6 Å². The molecule has 146 valence electrons. The summed E-state index contributed by atoms with van der Waals surface area (Å²) in [7, 11) is 0. The van der Waals surface area contributed by atoms with Crippen LogP contribution in [0, 0.1) is 5.92 Å². The van der Waals surface area contributed by atoms with Crippen LogP contribution in [0.1, 0.15) is 38.4 Å². The number of carbonyl (C=O) groups excluding carboxylic acids is 3. The van der Waals surface area contributed by atoms with Crippen molar-refractivity contribution in [2.45, 2.75) is 19.4 Å². The molecule has 0 unspecified atom stereocenters. The van der Waals surface area contributed by atoms with Crippen molar-refractivity contribution in [3.8, 4) is 0 Å². The molecular formula is C21H23N3O3S. The van der Waals surface area contributed by atoms with Crippen LogP contribution in [-0.2, 0) is 11.3 Å². The number of piperazine rings is 1. The van der Waals surface area contributed by atoms with Gasteiger partial charge in [-0.05, 0) is 42.0 Å². The summed E-state index contributed by atoms with van der Waals surface area (Å²) in [5, 5.41) is 4.75. The van der Waals surface area contributed by atoms with Crippen LogP contribution in [0.25, 0.3) is 0 Å². The Morgan fingerprint density at radius 2 is 1.64 bits per heavy atom. The zero-order valence-electron chi connectivity index (χ0n) is 15.6. The third kappa shape index (κ3) is 4.25. The Hall–Kier alpha value is -2.67. The molecule has 0 atom stereocenters. The highest BCUT2D eigenvalue weighted by atomic mass is 32.1. The van der Waals surface area contributed by atoms with E-state index >= 15 is 0 Å². The quantitative estimate of drug-likeness (QED) is 0.842. The molecule has 1 aliphatic heterocycles. The second-order valence-electron chi connectivity index (χ2n) is 7.25. The van der Waals surface area contributed by atoms with Gasteiger partial charge in [0.15, 0.2) is 0 Å². The van der Waals surface area contributed by atoms with Crippen LogP contribution >= 0.6 is 11.3 Å². The fourth-order valence-electron chi connectivity index (χ4n) is 3.34. The molecule has 1 N–H and O–H groups in total. The molecule has 0 radical (unpaired) electrons. The lowest BCUT2D eigenvalue weighted by Gasteiger charge is -2.35. The first-order chi connectivity index (χ1) is 13.6. The molecular weight excluding hydrogens is 374 g/mol. The second kappa shape index (κ2) is 8.14. The molecule has 1 aliphatic carbocycles. The Labute approximate surface area is 168 Å². The molecule has 0 spiro atoms.